The van der Waals surface area contributed by atoms with Crippen molar-refractivity contribution < 1.29 is 17.6 Å². The van der Waals surface area contributed by atoms with E-state index < -0.39 is 17.6 Å². The summed E-state index contributed by atoms with van der Waals surface area (Å²) >= 11 is 5.50. The molecule has 1 aromatic carbocycles. The summed E-state index contributed by atoms with van der Waals surface area (Å²) in [7, 11) is 0. The summed E-state index contributed by atoms with van der Waals surface area (Å²) in [4.78, 5) is 10.8. The van der Waals surface area contributed by atoms with E-state index in [9.17, 15) is 17.6 Å². The van der Waals surface area contributed by atoms with Crippen molar-refractivity contribution in [3.8, 4) is 0 Å². The molecular weight excluding hydrogens is 288 g/mol. The average molecular weight is 293 g/mol. The molecule has 0 amide bonds. The Morgan fingerprint density at radius 2 is 1.89 bits per heavy atom. The first kappa shape index (κ1) is 13.5. The molecule has 2 rings (SSSR count). The third-order valence-corrected chi connectivity index (χ3v) is 2.25. The summed E-state index contributed by atoms with van der Waals surface area (Å²) in [5.41, 5.74) is -1.39. The molecule has 0 aliphatic carbocycles. The first-order valence-electron chi connectivity index (χ1n) is 4.84. The van der Waals surface area contributed by atoms with Crippen molar-refractivity contribution in [2.75, 3.05) is 5.32 Å². The van der Waals surface area contributed by atoms with Crippen LogP contribution in [0.3, 0.4) is 0 Å². The molecule has 0 aliphatic rings. The van der Waals surface area contributed by atoms with Gasteiger partial charge in [-0.25, -0.2) is 14.4 Å². The smallest absolute Gasteiger partial charge is 0.324 e. The van der Waals surface area contributed by atoms with Gasteiger partial charge in [-0.05, 0) is 29.8 Å². The Balaban J connectivity index is 2.32. The minimum absolute atomic E-state index is 0.0176. The van der Waals surface area contributed by atoms with Gasteiger partial charge in [-0.3, -0.25) is 0 Å². The summed E-state index contributed by atoms with van der Waals surface area (Å²) in [5, 5.41) is 2.36. The Labute approximate surface area is 109 Å². The molecule has 0 saturated heterocycles. The molecule has 0 bridgehead atoms. The largest absolute Gasteiger partial charge is 0.419 e. The van der Waals surface area contributed by atoms with E-state index in [1.807, 2.05) is 0 Å². The van der Waals surface area contributed by atoms with Gasteiger partial charge in [0, 0.05) is 5.69 Å². The maximum atomic E-state index is 13.1. The molecule has 0 atom stereocenters. The summed E-state index contributed by atoms with van der Waals surface area (Å²) in [5.74, 6) is -1.40. The predicted molar refractivity (Wildman–Crippen MR) is 59.5 cm³/mol. The first-order chi connectivity index (χ1) is 8.86. The normalized spacial score (nSPS) is 11.4. The van der Waals surface area contributed by atoms with Gasteiger partial charge in [0.25, 0.3) is 0 Å². The number of hydrogen-bond donors (Lipinski definition) is 1. The first-order valence-corrected chi connectivity index (χ1v) is 5.22. The van der Waals surface area contributed by atoms with Gasteiger partial charge in [-0.2, -0.15) is 18.2 Å². The number of nitrogens with zero attached hydrogens (tertiary/aromatic N) is 3. The lowest BCUT2D eigenvalue weighted by Crippen LogP contribution is -2.09. The Morgan fingerprint density at radius 1 is 1.16 bits per heavy atom. The van der Waals surface area contributed by atoms with Crippen LogP contribution in [0.5, 0.6) is 0 Å². The summed E-state index contributed by atoms with van der Waals surface area (Å²) in [6, 6.07) is 2.45. The van der Waals surface area contributed by atoms with Crippen LogP contribution >= 0.6 is 11.6 Å². The number of benzene rings is 1. The standard InChI is InChI=1S/C10H5ClF4N4/c11-8-16-4-17-9(19-8)18-5-1-2-7(12)6(3-5)10(13,14)15/h1-4H,(H,16,17,18,19). The highest BCUT2D eigenvalue weighted by atomic mass is 35.5. The topological polar surface area (TPSA) is 50.7 Å². The van der Waals surface area contributed by atoms with Crippen LogP contribution in [0.25, 0.3) is 0 Å². The van der Waals surface area contributed by atoms with Crippen molar-refractivity contribution in [3.05, 3.63) is 41.2 Å². The molecule has 1 heterocycles. The van der Waals surface area contributed by atoms with Crippen molar-refractivity contribution >= 4 is 23.2 Å². The molecule has 2 aromatic rings. The maximum absolute atomic E-state index is 13.1. The van der Waals surface area contributed by atoms with Gasteiger partial charge in [0.05, 0.1) is 5.56 Å². The zero-order valence-corrected chi connectivity index (χ0v) is 9.80. The van der Waals surface area contributed by atoms with E-state index in [0.29, 0.717) is 12.1 Å². The summed E-state index contributed by atoms with van der Waals surface area (Å²) < 4.78 is 50.6. The third kappa shape index (κ3) is 3.28. The van der Waals surface area contributed by atoms with E-state index in [4.69, 9.17) is 11.6 Å². The lowest BCUT2D eigenvalue weighted by molar-refractivity contribution is -0.139. The molecule has 1 aromatic heterocycles. The number of halogens is 5. The lowest BCUT2D eigenvalue weighted by Gasteiger charge is -2.10. The van der Waals surface area contributed by atoms with Crippen molar-refractivity contribution in [1.82, 2.24) is 15.0 Å². The molecular formula is C10H5ClF4N4. The van der Waals surface area contributed by atoms with Crippen LogP contribution in [0.1, 0.15) is 5.56 Å². The second kappa shape index (κ2) is 4.96. The minimum atomic E-state index is -4.78. The van der Waals surface area contributed by atoms with Crippen LogP contribution in [0.4, 0.5) is 29.2 Å². The highest BCUT2D eigenvalue weighted by Gasteiger charge is 2.34. The Hall–Kier alpha value is -1.96. The number of alkyl halides is 3. The van der Waals surface area contributed by atoms with E-state index >= 15 is 0 Å². The fourth-order valence-electron chi connectivity index (χ4n) is 1.29. The van der Waals surface area contributed by atoms with Crippen molar-refractivity contribution in [3.63, 3.8) is 0 Å². The molecule has 0 unspecified atom stereocenters. The van der Waals surface area contributed by atoms with Crippen LogP contribution in [0, 0.1) is 5.82 Å². The SMILES string of the molecule is Fc1ccc(Nc2ncnc(Cl)n2)cc1C(F)(F)F. The van der Waals surface area contributed by atoms with E-state index in [1.54, 1.807) is 0 Å². The highest BCUT2D eigenvalue weighted by molar-refractivity contribution is 6.28. The van der Waals surface area contributed by atoms with E-state index in [-0.39, 0.29) is 16.9 Å². The Bertz CT molecular complexity index is 602. The van der Waals surface area contributed by atoms with Gasteiger partial charge < -0.3 is 5.32 Å². The molecule has 0 spiro atoms. The molecule has 0 radical (unpaired) electrons. The van der Waals surface area contributed by atoms with Gasteiger partial charge in [-0.1, -0.05) is 0 Å². The number of anilines is 2. The fraction of sp³-hybridized carbons (Fsp3) is 0.100. The van der Waals surface area contributed by atoms with Gasteiger partial charge in [-0.15, -0.1) is 0 Å². The van der Waals surface area contributed by atoms with Crippen LogP contribution in [-0.2, 0) is 6.18 Å². The van der Waals surface area contributed by atoms with Crippen molar-refractivity contribution in [2.45, 2.75) is 6.18 Å². The Kier molecular flexibility index (Phi) is 3.52. The number of nitrogens with one attached hydrogen (secondary N) is 1. The zero-order chi connectivity index (χ0) is 14.0. The van der Waals surface area contributed by atoms with Crippen LogP contribution < -0.4 is 5.32 Å². The molecule has 100 valence electrons. The summed E-state index contributed by atoms with van der Waals surface area (Å²) in [6.07, 6.45) is -3.69. The zero-order valence-electron chi connectivity index (χ0n) is 9.04. The maximum Gasteiger partial charge on any atom is 0.419 e. The summed E-state index contributed by atoms with van der Waals surface area (Å²) in [6.45, 7) is 0. The molecule has 1 N–H and O–H groups in total. The van der Waals surface area contributed by atoms with E-state index in [2.05, 4.69) is 20.3 Å². The second-order valence-electron chi connectivity index (χ2n) is 3.40. The molecule has 0 aliphatic heterocycles. The molecule has 0 saturated carbocycles. The van der Waals surface area contributed by atoms with Gasteiger partial charge >= 0.3 is 6.18 Å². The Morgan fingerprint density at radius 3 is 2.53 bits per heavy atom. The average Bonchev–Trinajstić information content (AvgIpc) is 2.30. The predicted octanol–water partition coefficient (Wildman–Crippen LogP) is 3.43. The van der Waals surface area contributed by atoms with Crippen LogP contribution in [0.2, 0.25) is 5.28 Å². The van der Waals surface area contributed by atoms with Gasteiger partial charge in [0.15, 0.2) is 0 Å². The van der Waals surface area contributed by atoms with Crippen LogP contribution in [-0.4, -0.2) is 15.0 Å². The van der Waals surface area contributed by atoms with E-state index in [1.165, 1.54) is 0 Å². The van der Waals surface area contributed by atoms with Gasteiger partial charge in [0.2, 0.25) is 11.2 Å². The molecule has 4 nitrogen and oxygen atoms in total. The highest BCUT2D eigenvalue weighted by Crippen LogP contribution is 2.33. The number of rotatable bonds is 2. The lowest BCUT2D eigenvalue weighted by atomic mass is 10.2. The third-order valence-electron chi connectivity index (χ3n) is 2.07. The van der Waals surface area contributed by atoms with Crippen molar-refractivity contribution in [2.24, 2.45) is 0 Å². The number of aromatic nitrogens is 3. The minimum Gasteiger partial charge on any atom is -0.324 e. The molecule has 19 heavy (non-hydrogen) atoms. The fourth-order valence-corrected chi connectivity index (χ4v) is 1.41. The number of hydrogen-bond acceptors (Lipinski definition) is 4. The monoisotopic (exact) mass is 292 g/mol. The quantitative estimate of drug-likeness (QED) is 0.862. The van der Waals surface area contributed by atoms with Crippen molar-refractivity contribution in [1.29, 1.82) is 0 Å². The molecule has 9 heteroatoms. The second-order valence-corrected chi connectivity index (χ2v) is 3.73. The van der Waals surface area contributed by atoms with E-state index in [0.717, 1.165) is 12.4 Å². The van der Waals surface area contributed by atoms with Crippen LogP contribution in [0.15, 0.2) is 24.5 Å². The van der Waals surface area contributed by atoms with Gasteiger partial charge in [0.1, 0.15) is 12.1 Å². The molecule has 0 fully saturated rings.